The molecule has 1 amide bonds. The number of carbonyl (C=O) groups excluding carboxylic acids is 1. The van der Waals surface area contributed by atoms with Gasteiger partial charge in [0.05, 0.1) is 15.5 Å². The lowest BCUT2D eigenvalue weighted by Gasteiger charge is -2.30. The minimum atomic E-state index is -3.64. The number of rotatable bonds is 4. The van der Waals surface area contributed by atoms with E-state index in [-0.39, 0.29) is 10.8 Å². The van der Waals surface area contributed by atoms with Crippen LogP contribution in [0, 0.1) is 0 Å². The van der Waals surface area contributed by atoms with Crippen molar-refractivity contribution in [1.82, 2.24) is 5.32 Å². The Bertz CT molecular complexity index is 827. The van der Waals surface area contributed by atoms with Gasteiger partial charge in [0, 0.05) is 18.5 Å². The molecule has 122 valence electrons. The van der Waals surface area contributed by atoms with E-state index in [1.807, 2.05) is 31.2 Å². The molecule has 0 radical (unpaired) electrons. The number of sulfonamides is 1. The van der Waals surface area contributed by atoms with Crippen LogP contribution >= 0.6 is 11.3 Å². The van der Waals surface area contributed by atoms with E-state index < -0.39 is 10.0 Å². The van der Waals surface area contributed by atoms with Crippen LogP contribution in [0.25, 0.3) is 0 Å². The number of aryl methyl sites for hydroxylation is 1. The molecular weight excluding hydrogens is 332 g/mol. The monoisotopic (exact) mass is 350 g/mol. The largest absolute Gasteiger partial charge is 0.352 e. The Hall–Kier alpha value is -1.86. The fourth-order valence-electron chi connectivity index (χ4n) is 2.70. The Morgan fingerprint density at radius 3 is 2.91 bits per heavy atom. The highest BCUT2D eigenvalue weighted by Gasteiger charge is 2.30. The van der Waals surface area contributed by atoms with Crippen molar-refractivity contribution in [2.75, 3.05) is 17.4 Å². The van der Waals surface area contributed by atoms with Crippen LogP contribution in [0.15, 0.2) is 40.6 Å². The Labute approximate surface area is 140 Å². The summed E-state index contributed by atoms with van der Waals surface area (Å²) in [4.78, 5) is 12.4. The van der Waals surface area contributed by atoms with Gasteiger partial charge < -0.3 is 5.32 Å². The van der Waals surface area contributed by atoms with Gasteiger partial charge in [0.25, 0.3) is 15.9 Å². The topological polar surface area (TPSA) is 66.5 Å². The third-order valence-electron chi connectivity index (χ3n) is 3.79. The van der Waals surface area contributed by atoms with Crippen LogP contribution in [0.2, 0.25) is 0 Å². The van der Waals surface area contributed by atoms with Crippen LogP contribution in [-0.2, 0) is 16.4 Å². The fourth-order valence-corrected chi connectivity index (χ4v) is 5.42. The number of anilines is 1. The number of nitrogens with zero attached hydrogens (tertiary/aromatic N) is 1. The molecule has 0 unspecified atom stereocenters. The summed E-state index contributed by atoms with van der Waals surface area (Å²) >= 11 is 1.15. The van der Waals surface area contributed by atoms with Gasteiger partial charge in [-0.15, -0.1) is 11.3 Å². The van der Waals surface area contributed by atoms with Crippen molar-refractivity contribution in [2.24, 2.45) is 0 Å². The molecule has 0 saturated carbocycles. The molecule has 0 bridgehead atoms. The van der Waals surface area contributed by atoms with Gasteiger partial charge in [0.15, 0.2) is 0 Å². The molecule has 2 aromatic rings. The summed E-state index contributed by atoms with van der Waals surface area (Å²) in [7, 11) is -3.64. The standard InChI is InChI=1S/C16H18N2O3S2/c1-2-17-16(19)15-10-13(11-22-15)23(20,21)18-9-5-7-12-6-3-4-8-14(12)18/h3-4,6,8,10-11H,2,5,7,9H2,1H3,(H,17,19). The number of hydrogen-bond donors (Lipinski definition) is 1. The summed E-state index contributed by atoms with van der Waals surface area (Å²) in [6, 6.07) is 9.03. The minimum absolute atomic E-state index is 0.181. The first kappa shape index (κ1) is 16.0. The molecule has 23 heavy (non-hydrogen) atoms. The quantitative estimate of drug-likeness (QED) is 0.922. The highest BCUT2D eigenvalue weighted by molar-refractivity contribution is 7.93. The van der Waals surface area contributed by atoms with E-state index in [0.29, 0.717) is 18.0 Å². The van der Waals surface area contributed by atoms with E-state index in [1.54, 1.807) is 0 Å². The molecule has 0 saturated heterocycles. The second-order valence-electron chi connectivity index (χ2n) is 5.32. The van der Waals surface area contributed by atoms with E-state index in [9.17, 15) is 13.2 Å². The van der Waals surface area contributed by atoms with Gasteiger partial charge in [-0.2, -0.15) is 0 Å². The second-order valence-corrected chi connectivity index (χ2v) is 8.09. The average Bonchev–Trinajstić information content (AvgIpc) is 3.05. The van der Waals surface area contributed by atoms with E-state index in [4.69, 9.17) is 0 Å². The normalized spacial score (nSPS) is 14.4. The van der Waals surface area contributed by atoms with Crippen LogP contribution < -0.4 is 9.62 Å². The molecular formula is C16H18N2O3S2. The Morgan fingerprint density at radius 1 is 1.35 bits per heavy atom. The molecule has 7 heteroatoms. The first-order valence-electron chi connectivity index (χ1n) is 7.51. The average molecular weight is 350 g/mol. The number of carbonyl (C=O) groups is 1. The third kappa shape index (κ3) is 2.98. The van der Waals surface area contributed by atoms with Crippen molar-refractivity contribution in [3.05, 3.63) is 46.2 Å². The van der Waals surface area contributed by atoms with Crippen LogP contribution in [-0.4, -0.2) is 27.4 Å². The smallest absolute Gasteiger partial charge is 0.265 e. The van der Waals surface area contributed by atoms with Crippen LogP contribution in [0.4, 0.5) is 5.69 Å². The zero-order chi connectivity index (χ0) is 16.4. The summed E-state index contributed by atoms with van der Waals surface area (Å²) in [5, 5.41) is 4.22. The highest BCUT2D eigenvalue weighted by Crippen LogP contribution is 2.33. The molecule has 3 rings (SSSR count). The van der Waals surface area contributed by atoms with Gasteiger partial charge in [-0.3, -0.25) is 9.10 Å². The van der Waals surface area contributed by atoms with Gasteiger partial charge in [0.2, 0.25) is 0 Å². The summed E-state index contributed by atoms with van der Waals surface area (Å²) in [6.45, 7) is 2.80. The molecule has 0 fully saturated rings. The van der Waals surface area contributed by atoms with Crippen molar-refractivity contribution in [3.8, 4) is 0 Å². The highest BCUT2D eigenvalue weighted by atomic mass is 32.2. The second kappa shape index (κ2) is 6.33. The zero-order valence-corrected chi connectivity index (χ0v) is 14.4. The van der Waals surface area contributed by atoms with E-state index >= 15 is 0 Å². The molecule has 0 aliphatic carbocycles. The van der Waals surface area contributed by atoms with E-state index in [1.165, 1.54) is 15.8 Å². The summed E-state index contributed by atoms with van der Waals surface area (Å²) in [5.74, 6) is -0.238. The van der Waals surface area contributed by atoms with Gasteiger partial charge in [-0.1, -0.05) is 18.2 Å². The van der Waals surface area contributed by atoms with E-state index in [2.05, 4.69) is 5.32 Å². The Morgan fingerprint density at radius 2 is 2.13 bits per heavy atom. The zero-order valence-electron chi connectivity index (χ0n) is 12.8. The predicted octanol–water partition coefficient (Wildman–Crippen LogP) is 2.64. The summed E-state index contributed by atoms with van der Waals surface area (Å²) in [5.41, 5.74) is 1.78. The molecule has 1 aliphatic heterocycles. The molecule has 0 atom stereocenters. The van der Waals surface area contributed by atoms with Crippen molar-refractivity contribution in [2.45, 2.75) is 24.7 Å². The molecule has 1 aromatic heterocycles. The van der Waals surface area contributed by atoms with Crippen molar-refractivity contribution in [1.29, 1.82) is 0 Å². The Kier molecular flexibility index (Phi) is 4.41. The van der Waals surface area contributed by atoms with Gasteiger partial charge in [-0.25, -0.2) is 8.42 Å². The van der Waals surface area contributed by atoms with Crippen molar-refractivity contribution >= 4 is 33.0 Å². The number of benzene rings is 1. The van der Waals surface area contributed by atoms with Crippen LogP contribution in [0.5, 0.6) is 0 Å². The maximum Gasteiger partial charge on any atom is 0.265 e. The third-order valence-corrected chi connectivity index (χ3v) is 6.66. The SMILES string of the molecule is CCNC(=O)c1cc(S(=O)(=O)N2CCCc3ccccc32)cs1. The Balaban J connectivity index is 1.96. The molecule has 2 heterocycles. The first-order chi connectivity index (χ1) is 11.0. The summed E-state index contributed by atoms with van der Waals surface area (Å²) < 4.78 is 27.3. The lowest BCUT2D eigenvalue weighted by atomic mass is 10.0. The van der Waals surface area contributed by atoms with Gasteiger partial charge >= 0.3 is 0 Å². The predicted molar refractivity (Wildman–Crippen MR) is 91.6 cm³/mol. The van der Waals surface area contributed by atoms with Gasteiger partial charge in [-0.05, 0) is 37.5 Å². The number of amides is 1. The molecule has 0 spiro atoms. The lowest BCUT2D eigenvalue weighted by molar-refractivity contribution is 0.0959. The number of para-hydroxylation sites is 1. The van der Waals surface area contributed by atoms with Gasteiger partial charge in [0.1, 0.15) is 0 Å². The van der Waals surface area contributed by atoms with Crippen molar-refractivity contribution in [3.63, 3.8) is 0 Å². The summed E-state index contributed by atoms with van der Waals surface area (Å²) in [6.07, 6.45) is 1.68. The fraction of sp³-hybridized carbons (Fsp3) is 0.312. The van der Waals surface area contributed by atoms with Crippen LogP contribution in [0.3, 0.4) is 0 Å². The maximum absolute atomic E-state index is 12.9. The molecule has 1 aliphatic rings. The molecule has 5 nitrogen and oxygen atoms in total. The maximum atomic E-state index is 12.9. The molecule has 1 N–H and O–H groups in total. The van der Waals surface area contributed by atoms with E-state index in [0.717, 1.165) is 35.4 Å². The minimum Gasteiger partial charge on any atom is -0.352 e. The first-order valence-corrected chi connectivity index (χ1v) is 9.83. The van der Waals surface area contributed by atoms with Crippen LogP contribution in [0.1, 0.15) is 28.6 Å². The number of nitrogens with one attached hydrogen (secondary N) is 1. The van der Waals surface area contributed by atoms with Crippen molar-refractivity contribution < 1.29 is 13.2 Å². The number of thiophene rings is 1. The number of hydrogen-bond acceptors (Lipinski definition) is 4. The molecule has 1 aromatic carbocycles. The number of fused-ring (bicyclic) bond motifs is 1. The lowest BCUT2D eigenvalue weighted by Crippen LogP contribution is -2.35.